The van der Waals surface area contributed by atoms with Gasteiger partial charge in [-0.05, 0) is 49.9 Å². The minimum Gasteiger partial charge on any atom is -0.490 e. The van der Waals surface area contributed by atoms with Crippen LogP contribution in [-0.4, -0.2) is 29.4 Å². The van der Waals surface area contributed by atoms with Crippen molar-refractivity contribution in [3.05, 3.63) is 42.2 Å². The summed E-state index contributed by atoms with van der Waals surface area (Å²) in [6, 6.07) is 9.60. The fraction of sp³-hybridized carbons (Fsp3) is 0.421. The van der Waals surface area contributed by atoms with Crippen LogP contribution in [0.5, 0.6) is 17.2 Å². The van der Waals surface area contributed by atoms with E-state index in [2.05, 4.69) is 5.32 Å². The number of ether oxygens (including phenoxy) is 3. The zero-order valence-electron chi connectivity index (χ0n) is 14.2. The number of amides is 1. The van der Waals surface area contributed by atoms with Gasteiger partial charge in [0.2, 0.25) is 6.79 Å². The van der Waals surface area contributed by atoms with E-state index in [1.165, 1.54) is 0 Å². The molecule has 2 aliphatic rings. The van der Waals surface area contributed by atoms with Crippen molar-refractivity contribution in [2.45, 2.75) is 37.8 Å². The molecule has 2 aromatic rings. The fourth-order valence-corrected chi connectivity index (χ4v) is 3.42. The second-order valence-corrected chi connectivity index (χ2v) is 6.58. The largest absolute Gasteiger partial charge is 0.490 e. The molecule has 2 heterocycles. The van der Waals surface area contributed by atoms with E-state index < -0.39 is 0 Å². The molecular weight excluding hydrogens is 320 g/mol. The van der Waals surface area contributed by atoms with Crippen LogP contribution in [0, 0.1) is 0 Å². The number of carbonyl (C=O) groups is 1. The summed E-state index contributed by atoms with van der Waals surface area (Å²) in [5, 5.41) is 3.13. The summed E-state index contributed by atoms with van der Waals surface area (Å²) in [5.74, 6) is 2.30. The van der Waals surface area contributed by atoms with Gasteiger partial charge in [0.05, 0.1) is 6.10 Å². The van der Waals surface area contributed by atoms with Gasteiger partial charge in [0.1, 0.15) is 11.4 Å². The third-order valence-corrected chi connectivity index (χ3v) is 4.83. The number of fused-ring (bicyclic) bond motifs is 1. The molecule has 1 saturated carbocycles. The lowest BCUT2D eigenvalue weighted by Crippen LogP contribution is -2.40. The molecule has 1 aromatic carbocycles. The van der Waals surface area contributed by atoms with Gasteiger partial charge in [-0.1, -0.05) is 0 Å². The van der Waals surface area contributed by atoms with Gasteiger partial charge in [-0.2, -0.15) is 0 Å². The Labute approximate surface area is 146 Å². The molecule has 0 saturated heterocycles. The number of aryl methyl sites for hydroxylation is 1. The van der Waals surface area contributed by atoms with Crippen LogP contribution in [-0.2, 0) is 7.05 Å². The first-order chi connectivity index (χ1) is 12.2. The van der Waals surface area contributed by atoms with Crippen molar-refractivity contribution in [3.63, 3.8) is 0 Å². The molecule has 1 aliphatic carbocycles. The van der Waals surface area contributed by atoms with Crippen LogP contribution in [0.2, 0.25) is 0 Å². The number of nitrogens with zero attached hydrogens (tertiary/aromatic N) is 1. The number of nitrogens with one attached hydrogen (secondary N) is 1. The highest BCUT2D eigenvalue weighted by atomic mass is 16.7. The number of rotatable bonds is 4. The van der Waals surface area contributed by atoms with E-state index in [9.17, 15) is 4.79 Å². The van der Waals surface area contributed by atoms with E-state index in [0.717, 1.165) is 42.9 Å². The van der Waals surface area contributed by atoms with Gasteiger partial charge in [-0.3, -0.25) is 4.79 Å². The van der Waals surface area contributed by atoms with Crippen LogP contribution in [0.15, 0.2) is 36.5 Å². The van der Waals surface area contributed by atoms with Crippen molar-refractivity contribution in [1.82, 2.24) is 9.88 Å². The lowest BCUT2D eigenvalue weighted by Gasteiger charge is -2.29. The molecule has 4 rings (SSSR count). The highest BCUT2D eigenvalue weighted by Gasteiger charge is 2.25. The maximum atomic E-state index is 12.3. The first-order valence-electron chi connectivity index (χ1n) is 8.67. The Bertz CT molecular complexity index is 763. The smallest absolute Gasteiger partial charge is 0.268 e. The second kappa shape index (κ2) is 6.70. The first kappa shape index (κ1) is 15.9. The van der Waals surface area contributed by atoms with Gasteiger partial charge in [-0.25, -0.2) is 0 Å². The quantitative estimate of drug-likeness (QED) is 0.928. The molecule has 6 heteroatoms. The number of carbonyl (C=O) groups excluding carboxylic acids is 1. The lowest BCUT2D eigenvalue weighted by molar-refractivity contribution is 0.0885. The fourth-order valence-electron chi connectivity index (χ4n) is 3.42. The molecule has 1 N–H and O–H groups in total. The number of hydrogen-bond acceptors (Lipinski definition) is 4. The first-order valence-corrected chi connectivity index (χ1v) is 8.67. The predicted molar refractivity (Wildman–Crippen MR) is 92.1 cm³/mol. The summed E-state index contributed by atoms with van der Waals surface area (Å²) in [5.41, 5.74) is 0.693. The zero-order valence-corrected chi connectivity index (χ0v) is 14.2. The van der Waals surface area contributed by atoms with Gasteiger partial charge in [-0.15, -0.1) is 0 Å². The Kier molecular flexibility index (Phi) is 4.26. The molecule has 0 bridgehead atoms. The molecule has 0 radical (unpaired) electrons. The molecule has 0 unspecified atom stereocenters. The van der Waals surface area contributed by atoms with E-state index in [4.69, 9.17) is 14.2 Å². The second-order valence-electron chi connectivity index (χ2n) is 6.58. The highest BCUT2D eigenvalue weighted by molar-refractivity contribution is 5.92. The van der Waals surface area contributed by atoms with E-state index >= 15 is 0 Å². The van der Waals surface area contributed by atoms with Gasteiger partial charge < -0.3 is 24.1 Å². The Morgan fingerprint density at radius 3 is 2.72 bits per heavy atom. The molecule has 1 fully saturated rings. The van der Waals surface area contributed by atoms with Crippen molar-refractivity contribution >= 4 is 5.91 Å². The van der Waals surface area contributed by atoms with Gasteiger partial charge >= 0.3 is 0 Å². The Morgan fingerprint density at radius 2 is 1.96 bits per heavy atom. The minimum atomic E-state index is -0.00682. The van der Waals surface area contributed by atoms with Crippen molar-refractivity contribution < 1.29 is 19.0 Å². The van der Waals surface area contributed by atoms with Crippen LogP contribution in [0.1, 0.15) is 36.2 Å². The summed E-state index contributed by atoms with van der Waals surface area (Å²) < 4.78 is 18.6. The molecular formula is C19H22N2O4. The maximum absolute atomic E-state index is 12.3. The average Bonchev–Trinajstić information content (AvgIpc) is 3.25. The summed E-state index contributed by atoms with van der Waals surface area (Å²) >= 11 is 0. The van der Waals surface area contributed by atoms with E-state index in [1.807, 2.05) is 48.1 Å². The average molecular weight is 342 g/mol. The third-order valence-electron chi connectivity index (χ3n) is 4.83. The summed E-state index contributed by atoms with van der Waals surface area (Å²) in [6.07, 6.45) is 5.74. The number of hydrogen-bond donors (Lipinski definition) is 1. The molecule has 0 atom stereocenters. The van der Waals surface area contributed by atoms with Crippen LogP contribution in [0.3, 0.4) is 0 Å². The molecule has 1 aliphatic heterocycles. The number of benzene rings is 1. The Balaban J connectivity index is 1.28. The Hall–Kier alpha value is -2.63. The van der Waals surface area contributed by atoms with Crippen LogP contribution < -0.4 is 19.5 Å². The van der Waals surface area contributed by atoms with E-state index in [-0.39, 0.29) is 24.8 Å². The van der Waals surface area contributed by atoms with E-state index in [1.54, 1.807) is 0 Å². The maximum Gasteiger partial charge on any atom is 0.268 e. The summed E-state index contributed by atoms with van der Waals surface area (Å²) in [7, 11) is 1.88. The molecule has 132 valence electrons. The summed E-state index contributed by atoms with van der Waals surface area (Å²) in [4.78, 5) is 12.3. The molecule has 0 spiro atoms. The minimum absolute atomic E-state index is 0.00682. The number of aromatic nitrogens is 1. The normalized spacial score (nSPS) is 21.8. The zero-order chi connectivity index (χ0) is 17.2. The Morgan fingerprint density at radius 1 is 1.16 bits per heavy atom. The molecule has 6 nitrogen and oxygen atoms in total. The standard InChI is InChI=1S/C19H22N2O4/c1-21-10-2-3-16(21)19(22)20-13-4-6-14(7-5-13)25-15-8-9-17-18(11-15)24-12-23-17/h2-3,8-11,13-14H,4-7,12H2,1H3,(H,20,22). The van der Waals surface area contributed by atoms with Gasteiger partial charge in [0, 0.05) is 25.4 Å². The monoisotopic (exact) mass is 342 g/mol. The predicted octanol–water partition coefficient (Wildman–Crippen LogP) is 2.87. The third kappa shape index (κ3) is 3.43. The van der Waals surface area contributed by atoms with Crippen LogP contribution >= 0.6 is 0 Å². The van der Waals surface area contributed by atoms with Crippen molar-refractivity contribution in [2.75, 3.05) is 6.79 Å². The van der Waals surface area contributed by atoms with E-state index in [0.29, 0.717) is 5.69 Å². The summed E-state index contributed by atoms with van der Waals surface area (Å²) in [6.45, 7) is 0.269. The topological polar surface area (TPSA) is 61.7 Å². The van der Waals surface area contributed by atoms with Gasteiger partial charge in [0.15, 0.2) is 11.5 Å². The van der Waals surface area contributed by atoms with Crippen LogP contribution in [0.4, 0.5) is 0 Å². The van der Waals surface area contributed by atoms with Gasteiger partial charge in [0.25, 0.3) is 5.91 Å². The molecule has 1 amide bonds. The highest BCUT2D eigenvalue weighted by Crippen LogP contribution is 2.36. The van der Waals surface area contributed by atoms with Crippen molar-refractivity contribution in [1.29, 1.82) is 0 Å². The SMILES string of the molecule is Cn1cccc1C(=O)NC1CCC(Oc2ccc3c(c2)OCO3)CC1. The lowest BCUT2D eigenvalue weighted by atomic mass is 9.93. The van der Waals surface area contributed by atoms with Crippen molar-refractivity contribution in [2.24, 2.45) is 7.05 Å². The molecule has 1 aromatic heterocycles. The van der Waals surface area contributed by atoms with Crippen LogP contribution in [0.25, 0.3) is 0 Å². The molecule has 25 heavy (non-hydrogen) atoms. The van der Waals surface area contributed by atoms with Crippen molar-refractivity contribution in [3.8, 4) is 17.2 Å².